The van der Waals surface area contributed by atoms with E-state index in [-0.39, 0.29) is 66.1 Å². The van der Waals surface area contributed by atoms with Gasteiger partial charge in [0.1, 0.15) is 36.6 Å². The molecule has 1 aliphatic rings. The molecule has 1 fully saturated rings. The lowest BCUT2D eigenvalue weighted by Crippen LogP contribution is -2.67. The number of ether oxygens (including phenoxy) is 2. The molecule has 8 aromatic carbocycles. The second-order valence-electron chi connectivity index (χ2n) is 20.0. The molecule has 1 saturated carbocycles. The lowest BCUT2D eigenvalue weighted by Gasteiger charge is -2.50. The van der Waals surface area contributed by atoms with Crippen molar-refractivity contribution in [3.05, 3.63) is 287 Å². The Bertz CT molecular complexity index is 2830. The van der Waals surface area contributed by atoms with Crippen LogP contribution in [0.4, 0.5) is 0 Å². The molecule has 0 N–H and O–H groups in total. The Morgan fingerprint density at radius 2 is 0.364 bits per heavy atom. The molecule has 22 heteroatoms. The molecule has 0 aliphatic heterocycles. The van der Waals surface area contributed by atoms with Gasteiger partial charge in [0, 0.05) is 13.2 Å². The number of hydrogen-bond donors (Lipinski definition) is 0. The molecule has 0 saturated heterocycles. The summed E-state index contributed by atoms with van der Waals surface area (Å²) in [6.45, 7) is 0.502. The molecular weight excluding hydrogens is 1200 g/mol. The van der Waals surface area contributed by atoms with Crippen molar-refractivity contribution >= 4 is 31.3 Å². The Balaban J connectivity index is 1.23. The maximum absolute atomic E-state index is 16.0. The van der Waals surface area contributed by atoms with Crippen molar-refractivity contribution < 1.29 is 82.0 Å². The van der Waals surface area contributed by atoms with Gasteiger partial charge >= 0.3 is 31.3 Å². The number of benzene rings is 8. The van der Waals surface area contributed by atoms with Crippen LogP contribution >= 0.6 is 31.3 Å². The molecule has 0 amide bonds. The number of hydrogen-bond acceptors (Lipinski definition) is 18. The molecule has 0 bridgehead atoms. The number of phosphoric acid groups is 4. The van der Waals surface area contributed by atoms with Gasteiger partial charge in [0.15, 0.2) is 0 Å². The van der Waals surface area contributed by atoms with Crippen molar-refractivity contribution in [2.45, 2.75) is 103 Å². The third-order valence-corrected chi connectivity index (χ3v) is 19.1. The van der Waals surface area contributed by atoms with Crippen molar-refractivity contribution in [1.82, 2.24) is 0 Å². The van der Waals surface area contributed by atoms with Gasteiger partial charge in [0.2, 0.25) is 0 Å². The Morgan fingerprint density at radius 3 is 0.489 bits per heavy atom. The Kier molecular flexibility index (Phi) is 25.6. The lowest BCUT2D eigenvalue weighted by atomic mass is 9.84. The zero-order valence-electron chi connectivity index (χ0n) is 48.8. The van der Waals surface area contributed by atoms with Crippen LogP contribution in [0.25, 0.3) is 0 Å². The molecule has 1 aliphatic carbocycles. The second kappa shape index (κ2) is 33.8. The fraction of sp³-hybridized carbons (Fsp3) is 0.273. The predicted octanol–water partition coefficient (Wildman–Crippen LogP) is 16.5. The highest BCUT2D eigenvalue weighted by Crippen LogP contribution is 2.63. The number of rotatable bonds is 36. The van der Waals surface area contributed by atoms with Gasteiger partial charge in [-0.3, -0.25) is 54.3 Å². The number of phosphoric ester groups is 4. The molecule has 0 radical (unpaired) electrons. The van der Waals surface area contributed by atoms with Crippen molar-refractivity contribution in [3.63, 3.8) is 0 Å². The van der Waals surface area contributed by atoms with E-state index in [4.69, 9.17) is 63.8 Å². The largest absolute Gasteiger partial charge is 0.475 e. The zero-order chi connectivity index (χ0) is 61.3. The molecule has 0 spiro atoms. The zero-order valence-corrected chi connectivity index (χ0v) is 52.3. The first-order valence-electron chi connectivity index (χ1n) is 28.8. The van der Waals surface area contributed by atoms with Crippen LogP contribution in [0, 0.1) is 0 Å². The van der Waals surface area contributed by atoms with Crippen LogP contribution < -0.4 is 0 Å². The van der Waals surface area contributed by atoms with E-state index in [2.05, 4.69) is 0 Å². The predicted molar refractivity (Wildman–Crippen MR) is 331 cm³/mol. The minimum Gasteiger partial charge on any atom is -0.373 e. The molecule has 18 nitrogen and oxygen atoms in total. The summed E-state index contributed by atoms with van der Waals surface area (Å²) >= 11 is 0. The van der Waals surface area contributed by atoms with Gasteiger partial charge < -0.3 is 9.47 Å². The van der Waals surface area contributed by atoms with E-state index in [0.29, 0.717) is 44.5 Å². The van der Waals surface area contributed by atoms with E-state index in [1.165, 1.54) is 0 Å². The molecule has 9 rings (SSSR count). The Hall–Kier alpha value is -5.88. The minimum absolute atomic E-state index is 0.178. The van der Waals surface area contributed by atoms with Gasteiger partial charge in [-0.1, -0.05) is 243 Å². The third-order valence-electron chi connectivity index (χ3n) is 13.5. The summed E-state index contributed by atoms with van der Waals surface area (Å²) in [7, 11) is -20.0. The summed E-state index contributed by atoms with van der Waals surface area (Å²) in [4.78, 5) is 0. The first-order chi connectivity index (χ1) is 42.9. The Morgan fingerprint density at radius 1 is 0.227 bits per heavy atom. The van der Waals surface area contributed by atoms with Crippen molar-refractivity contribution in [3.8, 4) is 0 Å². The quantitative estimate of drug-likeness (QED) is 0.0336. The summed E-state index contributed by atoms with van der Waals surface area (Å²) in [6, 6.07) is 71.3. The average molecular weight is 1280 g/mol. The Labute approximate surface area is 514 Å². The third kappa shape index (κ3) is 20.6. The summed E-state index contributed by atoms with van der Waals surface area (Å²) in [5.41, 5.74) is 4.75. The second-order valence-corrected chi connectivity index (χ2v) is 26.5. The van der Waals surface area contributed by atoms with Gasteiger partial charge in [-0.2, -0.15) is 0 Å². The van der Waals surface area contributed by atoms with Crippen LogP contribution in [0.5, 0.6) is 0 Å². The minimum atomic E-state index is -5.01. The van der Waals surface area contributed by atoms with E-state index in [9.17, 15) is 0 Å². The standard InChI is InChI=1S/C66H72O18P4/c1-3-71-61-63(81-85(67,73-45-53-29-13-5-14-30-53)74-46-54-31-15-6-16-32-54)65(83-87(69,77-49-57-37-21-9-22-38-57)78-50-58-39-23-10-24-40-58)62(72-4-2)66(84-88(70,79-51-59-41-25-11-26-42-59)80-52-60-43-27-12-28-44-60)64(61)82-86(68,75-47-55-33-17-7-18-34-55)76-48-56-35-19-8-20-36-56/h5-44,61-66H,3-4,45-52H2,1-2H3/t61?,62?,63-,64+,65-,66+. The molecule has 0 heterocycles. The van der Waals surface area contributed by atoms with Crippen LogP contribution in [0.15, 0.2) is 243 Å². The average Bonchev–Trinajstić information content (AvgIpc) is 1.10. The van der Waals surface area contributed by atoms with Crippen LogP contribution in [0.3, 0.4) is 0 Å². The summed E-state index contributed by atoms with van der Waals surface area (Å²) < 4.78 is 155. The summed E-state index contributed by atoms with van der Waals surface area (Å²) in [5.74, 6) is 0. The van der Waals surface area contributed by atoms with Crippen molar-refractivity contribution in [2.24, 2.45) is 0 Å². The van der Waals surface area contributed by atoms with Gasteiger partial charge in [0.25, 0.3) is 0 Å². The first-order valence-corrected chi connectivity index (χ1v) is 34.6. The van der Waals surface area contributed by atoms with Gasteiger partial charge in [-0.15, -0.1) is 0 Å². The summed E-state index contributed by atoms with van der Waals surface area (Å²) in [6.07, 6.45) is -11.2. The molecule has 6 atom stereocenters. The topological polar surface area (TPSA) is 197 Å². The van der Waals surface area contributed by atoms with E-state index in [0.717, 1.165) is 0 Å². The lowest BCUT2D eigenvalue weighted by molar-refractivity contribution is -0.234. The summed E-state index contributed by atoms with van der Waals surface area (Å²) in [5, 5.41) is 0. The SMILES string of the molecule is CCOC1[C@@H](OP(=O)(OCc2ccccc2)OCc2ccccc2)[C@H](OP(=O)(OCc2ccccc2)OCc2ccccc2)C(OCC)[C@H](OP(=O)(OCc2ccccc2)OCc2ccccc2)[C@H]1OP(=O)(OCc1ccccc1)OCc1ccccc1. The fourth-order valence-corrected chi connectivity index (χ4v) is 14.6. The van der Waals surface area contributed by atoms with Gasteiger partial charge in [0.05, 0.1) is 52.9 Å². The highest BCUT2D eigenvalue weighted by molar-refractivity contribution is 7.49. The van der Waals surface area contributed by atoms with Crippen LogP contribution in [0.2, 0.25) is 0 Å². The van der Waals surface area contributed by atoms with E-state index in [1.807, 2.05) is 48.5 Å². The monoisotopic (exact) mass is 1280 g/mol. The van der Waals surface area contributed by atoms with E-state index >= 15 is 18.3 Å². The molecule has 88 heavy (non-hydrogen) atoms. The maximum atomic E-state index is 16.0. The smallest absolute Gasteiger partial charge is 0.373 e. The molecule has 0 aromatic heterocycles. The van der Waals surface area contributed by atoms with Gasteiger partial charge in [-0.05, 0) is 58.4 Å². The molecule has 464 valence electrons. The normalized spacial score (nSPS) is 18.2. The van der Waals surface area contributed by atoms with E-state index in [1.54, 1.807) is 208 Å². The maximum Gasteiger partial charge on any atom is 0.475 e. The molecule has 2 unspecified atom stereocenters. The van der Waals surface area contributed by atoms with Crippen LogP contribution in [0.1, 0.15) is 58.4 Å². The fourth-order valence-electron chi connectivity index (χ4n) is 9.18. The highest BCUT2D eigenvalue weighted by atomic mass is 31.2. The van der Waals surface area contributed by atoms with Crippen molar-refractivity contribution in [1.29, 1.82) is 0 Å². The van der Waals surface area contributed by atoms with Crippen LogP contribution in [-0.4, -0.2) is 49.8 Å². The van der Waals surface area contributed by atoms with Crippen molar-refractivity contribution in [2.75, 3.05) is 13.2 Å². The van der Waals surface area contributed by atoms with Gasteiger partial charge in [-0.25, -0.2) is 18.3 Å². The highest BCUT2D eigenvalue weighted by Gasteiger charge is 2.62. The van der Waals surface area contributed by atoms with Crippen LogP contribution in [-0.2, 0) is 135 Å². The first kappa shape index (κ1) is 66.5. The molecule has 8 aromatic rings. The molecular formula is C66H72O18P4. The van der Waals surface area contributed by atoms with E-state index < -0.39 is 67.9 Å².